The lowest BCUT2D eigenvalue weighted by Gasteiger charge is -2.19. The molecule has 0 saturated carbocycles. The van der Waals surface area contributed by atoms with Crippen LogP contribution in [0.5, 0.6) is 0 Å². The zero-order valence-corrected chi connectivity index (χ0v) is 14.6. The third-order valence-electron chi connectivity index (χ3n) is 3.21. The van der Waals surface area contributed by atoms with Gasteiger partial charge in [-0.1, -0.05) is 30.1 Å². The maximum absolute atomic E-state index is 6.44. The van der Waals surface area contributed by atoms with E-state index in [-0.39, 0.29) is 6.04 Å². The van der Waals surface area contributed by atoms with Gasteiger partial charge in [0, 0.05) is 12.0 Å². The largest absolute Gasteiger partial charge is 0.383 e. The van der Waals surface area contributed by atoms with Gasteiger partial charge in [0.2, 0.25) is 0 Å². The molecule has 0 aliphatic heterocycles. The van der Waals surface area contributed by atoms with Gasteiger partial charge in [0.15, 0.2) is 0 Å². The van der Waals surface area contributed by atoms with Crippen LogP contribution in [0.3, 0.4) is 0 Å². The van der Waals surface area contributed by atoms with Crippen molar-refractivity contribution in [3.8, 4) is 0 Å². The van der Waals surface area contributed by atoms with E-state index < -0.39 is 0 Å². The molecule has 21 heavy (non-hydrogen) atoms. The molecule has 7 heteroatoms. The molecule has 0 aromatic carbocycles. The Labute approximate surface area is 139 Å². The molecular formula is C14H19Cl2N3OS. The number of nitrogens with zero attached hydrogens (tertiary/aromatic N) is 2. The van der Waals surface area contributed by atoms with Gasteiger partial charge in [0.05, 0.1) is 41.1 Å². The molecule has 0 fully saturated rings. The molecule has 2 heterocycles. The van der Waals surface area contributed by atoms with E-state index in [1.807, 2.05) is 11.6 Å². The zero-order chi connectivity index (χ0) is 15.4. The first-order chi connectivity index (χ1) is 10.1. The van der Waals surface area contributed by atoms with Gasteiger partial charge < -0.3 is 10.1 Å². The second kappa shape index (κ2) is 7.61. The van der Waals surface area contributed by atoms with Crippen LogP contribution in [-0.4, -0.2) is 30.0 Å². The highest BCUT2D eigenvalue weighted by Crippen LogP contribution is 2.37. The molecule has 116 valence electrons. The number of hydrogen-bond acceptors (Lipinski definition) is 4. The highest BCUT2D eigenvalue weighted by Gasteiger charge is 2.25. The van der Waals surface area contributed by atoms with Gasteiger partial charge in [-0.2, -0.15) is 5.10 Å². The van der Waals surface area contributed by atoms with Gasteiger partial charge in [-0.3, -0.25) is 4.68 Å². The average Bonchev–Trinajstić information content (AvgIpc) is 2.99. The Balaban J connectivity index is 2.43. The summed E-state index contributed by atoms with van der Waals surface area (Å²) in [5.41, 5.74) is 2.01. The zero-order valence-electron chi connectivity index (χ0n) is 12.3. The minimum Gasteiger partial charge on any atom is -0.383 e. The molecule has 1 unspecified atom stereocenters. The van der Waals surface area contributed by atoms with Crippen molar-refractivity contribution >= 4 is 34.5 Å². The number of rotatable bonds is 7. The van der Waals surface area contributed by atoms with Crippen LogP contribution in [0.15, 0.2) is 11.6 Å². The summed E-state index contributed by atoms with van der Waals surface area (Å²) in [6.45, 7) is 6.12. The molecular weight excluding hydrogens is 329 g/mol. The van der Waals surface area contributed by atoms with Crippen molar-refractivity contribution in [2.45, 2.75) is 26.4 Å². The fraction of sp³-hybridized carbons (Fsp3) is 0.500. The Kier molecular flexibility index (Phi) is 6.08. The van der Waals surface area contributed by atoms with Crippen LogP contribution >= 0.6 is 34.5 Å². The lowest BCUT2D eigenvalue weighted by Crippen LogP contribution is -2.25. The van der Waals surface area contributed by atoms with E-state index in [1.54, 1.807) is 24.6 Å². The van der Waals surface area contributed by atoms with Gasteiger partial charge in [0.1, 0.15) is 0 Å². The van der Waals surface area contributed by atoms with E-state index in [0.29, 0.717) is 18.2 Å². The Bertz CT molecular complexity index is 597. The number of nitrogens with one attached hydrogen (secondary N) is 1. The quantitative estimate of drug-likeness (QED) is 0.825. The van der Waals surface area contributed by atoms with Gasteiger partial charge in [-0.05, 0) is 24.4 Å². The first kappa shape index (κ1) is 16.8. The second-order valence-electron chi connectivity index (χ2n) is 4.68. The molecule has 4 nitrogen and oxygen atoms in total. The van der Waals surface area contributed by atoms with Crippen LogP contribution in [-0.2, 0) is 11.3 Å². The number of thiophene rings is 1. The summed E-state index contributed by atoms with van der Waals surface area (Å²) in [6, 6.07) is -0.0620. The molecule has 0 amide bonds. The van der Waals surface area contributed by atoms with E-state index in [1.165, 1.54) is 0 Å². The predicted molar refractivity (Wildman–Crippen MR) is 88.7 cm³/mol. The number of ether oxygens (including phenoxy) is 1. The maximum atomic E-state index is 6.44. The molecule has 1 atom stereocenters. The van der Waals surface area contributed by atoms with Crippen molar-refractivity contribution in [1.29, 1.82) is 0 Å². The summed E-state index contributed by atoms with van der Waals surface area (Å²) >= 11 is 14.4. The molecule has 0 aliphatic carbocycles. The lowest BCUT2D eigenvalue weighted by molar-refractivity contribution is 0.182. The Morgan fingerprint density at radius 3 is 2.81 bits per heavy atom. The van der Waals surface area contributed by atoms with Crippen molar-refractivity contribution in [3.05, 3.63) is 37.8 Å². The number of aromatic nitrogens is 2. The monoisotopic (exact) mass is 347 g/mol. The molecule has 0 radical (unpaired) electrons. The van der Waals surface area contributed by atoms with E-state index in [0.717, 1.165) is 27.7 Å². The summed E-state index contributed by atoms with van der Waals surface area (Å²) in [4.78, 5) is 1.07. The van der Waals surface area contributed by atoms with E-state index in [2.05, 4.69) is 22.7 Å². The van der Waals surface area contributed by atoms with Crippen molar-refractivity contribution < 1.29 is 4.74 Å². The van der Waals surface area contributed by atoms with Crippen LogP contribution in [0.25, 0.3) is 0 Å². The van der Waals surface area contributed by atoms with E-state index in [4.69, 9.17) is 27.9 Å². The van der Waals surface area contributed by atoms with Crippen molar-refractivity contribution in [2.24, 2.45) is 0 Å². The Hall–Kier alpha value is -0.590. The topological polar surface area (TPSA) is 39.1 Å². The standard InChI is InChI=1S/C14H19Cl2N3OS/c1-4-17-12(14-11(16)9(2)8-21-14)13-10(15)7-18-19(13)5-6-20-3/h7-8,12,17H,4-6H2,1-3H3. The van der Waals surface area contributed by atoms with E-state index in [9.17, 15) is 0 Å². The maximum Gasteiger partial charge on any atom is 0.0872 e. The summed E-state index contributed by atoms with van der Waals surface area (Å²) < 4.78 is 7.02. The van der Waals surface area contributed by atoms with Gasteiger partial charge in [-0.15, -0.1) is 11.3 Å². The molecule has 0 bridgehead atoms. The van der Waals surface area contributed by atoms with Gasteiger partial charge >= 0.3 is 0 Å². The molecule has 2 rings (SSSR count). The fourth-order valence-corrected chi connectivity index (χ4v) is 3.81. The molecule has 1 N–H and O–H groups in total. The second-order valence-corrected chi connectivity index (χ2v) is 6.38. The summed E-state index contributed by atoms with van der Waals surface area (Å²) in [6.07, 6.45) is 1.67. The Morgan fingerprint density at radius 2 is 2.24 bits per heavy atom. The lowest BCUT2D eigenvalue weighted by atomic mass is 10.1. The van der Waals surface area contributed by atoms with Crippen molar-refractivity contribution in [1.82, 2.24) is 15.1 Å². The summed E-state index contributed by atoms with van der Waals surface area (Å²) in [5.74, 6) is 0. The highest BCUT2D eigenvalue weighted by molar-refractivity contribution is 7.10. The first-order valence-electron chi connectivity index (χ1n) is 6.77. The van der Waals surface area contributed by atoms with Crippen LogP contribution in [0.1, 0.15) is 29.1 Å². The molecule has 0 spiro atoms. The fourth-order valence-electron chi connectivity index (χ4n) is 2.18. The van der Waals surface area contributed by atoms with Gasteiger partial charge in [0.25, 0.3) is 0 Å². The third kappa shape index (κ3) is 3.60. The Morgan fingerprint density at radius 1 is 1.48 bits per heavy atom. The molecule has 0 saturated heterocycles. The minimum atomic E-state index is -0.0620. The SMILES string of the molecule is CCNC(c1scc(C)c1Cl)c1c(Cl)cnn1CCOC. The smallest absolute Gasteiger partial charge is 0.0872 e. The third-order valence-corrected chi connectivity index (χ3v) is 5.28. The van der Waals surface area contributed by atoms with E-state index >= 15 is 0 Å². The summed E-state index contributed by atoms with van der Waals surface area (Å²) in [7, 11) is 1.67. The van der Waals surface area contributed by atoms with Crippen LogP contribution in [0.2, 0.25) is 10.0 Å². The van der Waals surface area contributed by atoms with Gasteiger partial charge in [-0.25, -0.2) is 0 Å². The number of aryl methyl sites for hydroxylation is 1. The normalized spacial score (nSPS) is 12.8. The number of halogens is 2. The number of methoxy groups -OCH3 is 1. The average molecular weight is 348 g/mol. The first-order valence-corrected chi connectivity index (χ1v) is 8.40. The summed E-state index contributed by atoms with van der Waals surface area (Å²) in [5, 5.41) is 11.3. The number of hydrogen-bond donors (Lipinski definition) is 1. The molecule has 2 aromatic heterocycles. The predicted octanol–water partition coefficient (Wildman–Crippen LogP) is 3.91. The highest BCUT2D eigenvalue weighted by atomic mass is 35.5. The molecule has 0 aliphatic rings. The van der Waals surface area contributed by atoms with Crippen molar-refractivity contribution in [3.63, 3.8) is 0 Å². The van der Waals surface area contributed by atoms with Crippen molar-refractivity contribution in [2.75, 3.05) is 20.3 Å². The van der Waals surface area contributed by atoms with Crippen LogP contribution < -0.4 is 5.32 Å². The van der Waals surface area contributed by atoms with Crippen LogP contribution in [0, 0.1) is 6.92 Å². The molecule has 2 aromatic rings. The minimum absolute atomic E-state index is 0.0620. The van der Waals surface area contributed by atoms with Crippen LogP contribution in [0.4, 0.5) is 0 Å².